The van der Waals surface area contributed by atoms with Gasteiger partial charge in [-0.25, -0.2) is 0 Å². The molecule has 1 rings (SSSR count). The summed E-state index contributed by atoms with van der Waals surface area (Å²) >= 11 is 11.2. The van der Waals surface area contributed by atoms with Gasteiger partial charge in [-0.2, -0.15) is 0 Å². The van der Waals surface area contributed by atoms with Gasteiger partial charge in [-0.1, -0.05) is 37.0 Å². The summed E-state index contributed by atoms with van der Waals surface area (Å²) in [5.41, 5.74) is 3.45. The largest absolute Gasteiger partial charge is 0.496 e. The van der Waals surface area contributed by atoms with Crippen molar-refractivity contribution in [3.8, 4) is 11.5 Å². The fourth-order valence-electron chi connectivity index (χ4n) is 2.13. The second kappa shape index (κ2) is 7.66. The van der Waals surface area contributed by atoms with Crippen LogP contribution in [0.25, 0.3) is 0 Å². The Hall–Kier alpha value is -0.860. The van der Waals surface area contributed by atoms with Gasteiger partial charge in [0.05, 0.1) is 7.11 Å². The Bertz CT molecular complexity index is 464. The molecule has 0 spiro atoms. The van der Waals surface area contributed by atoms with E-state index in [9.17, 15) is 0 Å². The third-order valence-corrected chi connectivity index (χ3v) is 3.42. The number of methoxy groups -OCH3 is 1. The van der Waals surface area contributed by atoms with E-state index >= 15 is 0 Å². The summed E-state index contributed by atoms with van der Waals surface area (Å²) in [4.78, 5) is 0. The van der Waals surface area contributed by atoms with Crippen molar-refractivity contribution in [2.75, 3.05) is 13.7 Å². The summed E-state index contributed by atoms with van der Waals surface area (Å²) in [7, 11) is 1.71. The van der Waals surface area contributed by atoms with Crippen LogP contribution >= 0.6 is 23.2 Å². The number of ether oxygens (including phenoxy) is 2. The molecule has 0 aliphatic heterocycles. The summed E-state index contributed by atoms with van der Waals surface area (Å²) in [5, 5.41) is 0. The van der Waals surface area contributed by atoms with E-state index in [1.54, 1.807) is 13.2 Å². The van der Waals surface area contributed by atoms with E-state index in [0.717, 1.165) is 35.5 Å². The Balaban J connectivity index is 3.15. The molecule has 0 heterocycles. The highest BCUT2D eigenvalue weighted by molar-refractivity contribution is 6.55. The first kappa shape index (κ1) is 16.2. The van der Waals surface area contributed by atoms with Gasteiger partial charge in [0, 0.05) is 5.56 Å². The van der Waals surface area contributed by atoms with E-state index in [0.29, 0.717) is 6.61 Å². The molecule has 0 N–H and O–H groups in total. The van der Waals surface area contributed by atoms with Crippen molar-refractivity contribution in [1.82, 2.24) is 0 Å². The lowest BCUT2D eigenvalue weighted by Crippen LogP contribution is -2.03. The second-order valence-electron chi connectivity index (χ2n) is 4.18. The molecule has 0 aromatic heterocycles. The zero-order valence-corrected chi connectivity index (χ0v) is 13.4. The molecule has 0 bridgehead atoms. The Labute approximate surface area is 125 Å². The van der Waals surface area contributed by atoms with Crippen LogP contribution < -0.4 is 9.47 Å². The first-order valence-corrected chi connectivity index (χ1v) is 7.13. The topological polar surface area (TPSA) is 18.5 Å². The maximum absolute atomic E-state index is 5.73. The van der Waals surface area contributed by atoms with E-state index in [4.69, 9.17) is 32.7 Å². The van der Waals surface area contributed by atoms with Crippen LogP contribution in [0, 0.1) is 6.92 Å². The molecule has 106 valence electrons. The highest BCUT2D eigenvalue weighted by Crippen LogP contribution is 2.34. The zero-order chi connectivity index (χ0) is 14.4. The quantitative estimate of drug-likeness (QED) is 0.749. The van der Waals surface area contributed by atoms with E-state index in [1.807, 2.05) is 13.0 Å². The van der Waals surface area contributed by atoms with Crippen LogP contribution in [0.4, 0.5) is 0 Å². The highest BCUT2D eigenvalue weighted by atomic mass is 35.5. The zero-order valence-electron chi connectivity index (χ0n) is 11.8. The smallest absolute Gasteiger partial charge is 0.125 e. The first-order valence-electron chi connectivity index (χ1n) is 6.38. The minimum atomic E-state index is 0.220. The fraction of sp³-hybridized carbons (Fsp3) is 0.467. The van der Waals surface area contributed by atoms with Crippen LogP contribution in [0.15, 0.2) is 16.6 Å². The van der Waals surface area contributed by atoms with E-state index < -0.39 is 0 Å². The van der Waals surface area contributed by atoms with Crippen molar-refractivity contribution in [2.24, 2.45) is 0 Å². The summed E-state index contributed by atoms with van der Waals surface area (Å²) in [6.07, 6.45) is 3.44. The molecular weight excluding hydrogens is 283 g/mol. The van der Waals surface area contributed by atoms with Crippen LogP contribution in [-0.4, -0.2) is 13.7 Å². The Morgan fingerprint density at radius 1 is 1.26 bits per heavy atom. The van der Waals surface area contributed by atoms with E-state index in [2.05, 4.69) is 13.8 Å². The van der Waals surface area contributed by atoms with Gasteiger partial charge in [0.15, 0.2) is 0 Å². The van der Waals surface area contributed by atoms with Crippen molar-refractivity contribution in [3.05, 3.63) is 33.3 Å². The number of hydrogen-bond donors (Lipinski definition) is 0. The van der Waals surface area contributed by atoms with Gasteiger partial charge >= 0.3 is 0 Å². The average molecular weight is 303 g/mol. The maximum Gasteiger partial charge on any atom is 0.125 e. The molecule has 4 heteroatoms. The minimum absolute atomic E-state index is 0.220. The van der Waals surface area contributed by atoms with Crippen LogP contribution in [0.3, 0.4) is 0 Å². The van der Waals surface area contributed by atoms with E-state index in [-0.39, 0.29) is 4.49 Å². The van der Waals surface area contributed by atoms with Gasteiger partial charge in [0.1, 0.15) is 22.6 Å². The lowest BCUT2D eigenvalue weighted by molar-refractivity contribution is 0.355. The van der Waals surface area contributed by atoms with Crippen molar-refractivity contribution in [2.45, 2.75) is 33.6 Å². The molecule has 1 aromatic carbocycles. The van der Waals surface area contributed by atoms with Gasteiger partial charge in [-0.05, 0) is 43.0 Å². The molecule has 0 unspecified atom stereocenters. The summed E-state index contributed by atoms with van der Waals surface area (Å²) in [5.74, 6) is 1.83. The van der Waals surface area contributed by atoms with Gasteiger partial charge in [-0.15, -0.1) is 0 Å². The predicted molar refractivity (Wildman–Crippen MR) is 81.8 cm³/mol. The van der Waals surface area contributed by atoms with Gasteiger partial charge in [0.2, 0.25) is 0 Å². The molecule has 0 atom stereocenters. The molecule has 0 amide bonds. The Morgan fingerprint density at radius 3 is 2.42 bits per heavy atom. The Kier molecular flexibility index (Phi) is 6.53. The maximum atomic E-state index is 5.73. The van der Waals surface area contributed by atoms with Crippen molar-refractivity contribution >= 4 is 23.2 Å². The SMILES string of the molecule is CCc1cc(OCC=C(Cl)Cl)c(C)c(CC)c1OC. The molecule has 0 radical (unpaired) electrons. The average Bonchev–Trinajstić information content (AvgIpc) is 2.39. The van der Waals surface area contributed by atoms with Crippen molar-refractivity contribution in [1.29, 1.82) is 0 Å². The Morgan fingerprint density at radius 2 is 1.95 bits per heavy atom. The molecular formula is C15H20Cl2O2. The van der Waals surface area contributed by atoms with Gasteiger partial charge < -0.3 is 9.47 Å². The van der Waals surface area contributed by atoms with Crippen molar-refractivity contribution in [3.63, 3.8) is 0 Å². The molecule has 2 nitrogen and oxygen atoms in total. The van der Waals surface area contributed by atoms with Crippen LogP contribution in [-0.2, 0) is 12.8 Å². The summed E-state index contributed by atoms with van der Waals surface area (Å²) in [6, 6.07) is 2.03. The molecule has 0 saturated heterocycles. The monoisotopic (exact) mass is 302 g/mol. The van der Waals surface area contributed by atoms with Crippen molar-refractivity contribution < 1.29 is 9.47 Å². The third-order valence-electron chi connectivity index (χ3n) is 3.11. The van der Waals surface area contributed by atoms with Crippen LogP contribution in [0.2, 0.25) is 0 Å². The molecule has 0 aliphatic carbocycles. The third kappa shape index (κ3) is 4.05. The summed E-state index contributed by atoms with van der Waals surface area (Å²) < 4.78 is 11.5. The number of hydrogen-bond acceptors (Lipinski definition) is 2. The first-order chi connectivity index (χ1) is 9.04. The van der Waals surface area contributed by atoms with Gasteiger partial charge in [-0.3, -0.25) is 0 Å². The molecule has 1 aromatic rings. The number of rotatable bonds is 6. The highest BCUT2D eigenvalue weighted by Gasteiger charge is 2.14. The molecule has 0 saturated carbocycles. The molecule has 0 fully saturated rings. The predicted octanol–water partition coefficient (Wildman–Crippen LogP) is 4.83. The lowest BCUT2D eigenvalue weighted by Gasteiger charge is -2.18. The second-order valence-corrected chi connectivity index (χ2v) is 5.19. The normalized spacial score (nSPS) is 10.2. The number of aryl methyl sites for hydroxylation is 1. The molecule has 19 heavy (non-hydrogen) atoms. The van der Waals surface area contributed by atoms with Crippen LogP contribution in [0.1, 0.15) is 30.5 Å². The number of benzene rings is 1. The summed E-state index contributed by atoms with van der Waals surface area (Å²) in [6.45, 7) is 6.62. The van der Waals surface area contributed by atoms with E-state index in [1.165, 1.54) is 5.56 Å². The lowest BCUT2D eigenvalue weighted by atomic mass is 9.98. The van der Waals surface area contributed by atoms with Crippen LogP contribution in [0.5, 0.6) is 11.5 Å². The standard InChI is InChI=1S/C15H20Cl2O2/c1-5-11-9-13(19-8-7-14(16)17)10(3)12(6-2)15(11)18-4/h7,9H,5-6,8H2,1-4H3. The number of halogens is 2. The van der Waals surface area contributed by atoms with Gasteiger partial charge in [0.25, 0.3) is 0 Å². The minimum Gasteiger partial charge on any atom is -0.496 e. The molecule has 0 aliphatic rings. The fourth-order valence-corrected chi connectivity index (χ4v) is 2.26.